The molecule has 2 N–H and O–H groups in total. The summed E-state index contributed by atoms with van der Waals surface area (Å²) in [6, 6.07) is 2.49. The van der Waals surface area contributed by atoms with Gasteiger partial charge in [-0.15, -0.1) is 11.3 Å². The van der Waals surface area contributed by atoms with Crippen LogP contribution in [0.25, 0.3) is 0 Å². The van der Waals surface area contributed by atoms with Crippen LogP contribution in [0.3, 0.4) is 0 Å². The normalized spacial score (nSPS) is 34.6. The van der Waals surface area contributed by atoms with E-state index in [1.54, 1.807) is 0 Å². The second-order valence-electron chi connectivity index (χ2n) is 5.42. The van der Waals surface area contributed by atoms with E-state index in [9.17, 15) is 5.11 Å². The number of nitrogens with zero attached hydrogens (tertiary/aromatic N) is 1. The predicted molar refractivity (Wildman–Crippen MR) is 70.3 cm³/mol. The summed E-state index contributed by atoms with van der Waals surface area (Å²) in [5.41, 5.74) is 0.918. The van der Waals surface area contributed by atoms with E-state index in [2.05, 4.69) is 21.7 Å². The lowest BCUT2D eigenvalue weighted by Crippen LogP contribution is -2.60. The molecule has 0 amide bonds. The molecular weight excluding hydrogens is 232 g/mol. The van der Waals surface area contributed by atoms with Gasteiger partial charge in [0.1, 0.15) is 0 Å². The van der Waals surface area contributed by atoms with Crippen LogP contribution in [-0.2, 0) is 13.0 Å². The van der Waals surface area contributed by atoms with Gasteiger partial charge in [0.15, 0.2) is 0 Å². The van der Waals surface area contributed by atoms with Gasteiger partial charge in [-0.3, -0.25) is 4.90 Å². The maximum atomic E-state index is 10.5. The highest BCUT2D eigenvalue weighted by Crippen LogP contribution is 2.30. The third-order valence-corrected chi connectivity index (χ3v) is 5.16. The highest BCUT2D eigenvalue weighted by Gasteiger charge is 2.39. The van der Waals surface area contributed by atoms with Gasteiger partial charge < -0.3 is 10.4 Å². The molecule has 3 heterocycles. The summed E-state index contributed by atoms with van der Waals surface area (Å²) in [5.74, 6) is 0. The Hall–Kier alpha value is -0.420. The van der Waals surface area contributed by atoms with E-state index in [0.29, 0.717) is 0 Å². The summed E-state index contributed by atoms with van der Waals surface area (Å²) < 4.78 is 0. The van der Waals surface area contributed by atoms with Gasteiger partial charge in [0.2, 0.25) is 0 Å². The lowest BCUT2D eigenvalue weighted by atomic mass is 9.87. The van der Waals surface area contributed by atoms with Crippen LogP contribution in [0.2, 0.25) is 0 Å². The van der Waals surface area contributed by atoms with Gasteiger partial charge in [-0.25, -0.2) is 0 Å². The Kier molecular flexibility index (Phi) is 2.99. The molecule has 1 saturated heterocycles. The average molecular weight is 252 g/mol. The average Bonchev–Trinajstić information content (AvgIpc) is 2.75. The molecule has 0 aliphatic carbocycles. The van der Waals surface area contributed by atoms with Crippen LogP contribution in [0.1, 0.15) is 23.8 Å². The summed E-state index contributed by atoms with van der Waals surface area (Å²) in [6.45, 7) is 5.91. The zero-order valence-electron chi connectivity index (χ0n) is 10.3. The quantitative estimate of drug-likeness (QED) is 0.789. The number of fused-ring (bicyclic) bond motifs is 1. The lowest BCUT2D eigenvalue weighted by Gasteiger charge is -2.45. The molecule has 3 rings (SSSR count). The van der Waals surface area contributed by atoms with Crippen LogP contribution in [0.15, 0.2) is 11.4 Å². The fourth-order valence-electron chi connectivity index (χ4n) is 3.03. The first-order valence-corrected chi connectivity index (χ1v) is 7.27. The van der Waals surface area contributed by atoms with Crippen molar-refractivity contribution in [2.45, 2.75) is 38.0 Å². The van der Waals surface area contributed by atoms with Gasteiger partial charge >= 0.3 is 0 Å². The fraction of sp³-hybridized carbons (Fsp3) is 0.692. The summed E-state index contributed by atoms with van der Waals surface area (Å²) in [7, 11) is 0. The summed E-state index contributed by atoms with van der Waals surface area (Å²) in [5, 5.41) is 16.1. The summed E-state index contributed by atoms with van der Waals surface area (Å²) in [4.78, 5) is 3.98. The molecule has 0 radical (unpaired) electrons. The molecule has 94 valence electrons. The molecule has 2 aliphatic rings. The van der Waals surface area contributed by atoms with Crippen molar-refractivity contribution in [2.75, 3.05) is 19.6 Å². The zero-order chi connectivity index (χ0) is 11.9. The maximum Gasteiger partial charge on any atom is 0.0798 e. The third kappa shape index (κ3) is 2.15. The molecule has 2 unspecified atom stereocenters. The number of piperidine rings is 1. The van der Waals surface area contributed by atoms with Crippen molar-refractivity contribution in [2.24, 2.45) is 0 Å². The second-order valence-corrected chi connectivity index (χ2v) is 6.42. The maximum absolute atomic E-state index is 10.5. The molecule has 0 saturated carbocycles. The molecule has 0 bridgehead atoms. The zero-order valence-corrected chi connectivity index (χ0v) is 11.1. The number of hydrogen-bond acceptors (Lipinski definition) is 4. The molecular formula is C13H20N2OS. The number of aliphatic hydroxyl groups is 1. The Balaban J connectivity index is 1.77. The van der Waals surface area contributed by atoms with Crippen molar-refractivity contribution in [3.8, 4) is 0 Å². The van der Waals surface area contributed by atoms with Crippen molar-refractivity contribution < 1.29 is 5.11 Å². The molecule has 1 aromatic heterocycles. The number of thiophene rings is 1. The Morgan fingerprint density at radius 2 is 2.47 bits per heavy atom. The SMILES string of the molecule is CC1(O)CCNCC1N1CCc2sccc2C1. The first-order valence-electron chi connectivity index (χ1n) is 6.39. The van der Waals surface area contributed by atoms with Gasteiger partial charge in [-0.2, -0.15) is 0 Å². The Morgan fingerprint density at radius 3 is 3.29 bits per heavy atom. The topological polar surface area (TPSA) is 35.5 Å². The minimum Gasteiger partial charge on any atom is -0.388 e. The molecule has 4 heteroatoms. The number of nitrogens with one attached hydrogen (secondary N) is 1. The lowest BCUT2D eigenvalue weighted by molar-refractivity contribution is -0.0569. The minimum atomic E-state index is -0.543. The second kappa shape index (κ2) is 4.35. The first kappa shape index (κ1) is 11.7. The van der Waals surface area contributed by atoms with E-state index in [4.69, 9.17) is 0 Å². The third-order valence-electron chi connectivity index (χ3n) is 4.14. The highest BCUT2D eigenvalue weighted by molar-refractivity contribution is 7.10. The molecule has 0 aromatic carbocycles. The van der Waals surface area contributed by atoms with Crippen LogP contribution < -0.4 is 5.32 Å². The molecule has 0 spiro atoms. The Morgan fingerprint density at radius 1 is 1.59 bits per heavy atom. The summed E-state index contributed by atoms with van der Waals surface area (Å²) in [6.07, 6.45) is 1.99. The molecule has 2 aliphatic heterocycles. The molecule has 1 aromatic rings. The van der Waals surface area contributed by atoms with Gasteiger partial charge in [0.05, 0.1) is 11.6 Å². The van der Waals surface area contributed by atoms with E-state index in [0.717, 1.165) is 39.0 Å². The van der Waals surface area contributed by atoms with Crippen LogP contribution in [0.5, 0.6) is 0 Å². The van der Waals surface area contributed by atoms with Crippen LogP contribution in [-0.4, -0.2) is 41.3 Å². The predicted octanol–water partition coefficient (Wildman–Crippen LogP) is 1.22. The van der Waals surface area contributed by atoms with E-state index < -0.39 is 5.60 Å². The monoisotopic (exact) mass is 252 g/mol. The van der Waals surface area contributed by atoms with Gasteiger partial charge in [-0.1, -0.05) is 0 Å². The van der Waals surface area contributed by atoms with Crippen molar-refractivity contribution in [1.29, 1.82) is 0 Å². The van der Waals surface area contributed by atoms with E-state index in [1.165, 1.54) is 10.4 Å². The van der Waals surface area contributed by atoms with Gasteiger partial charge in [-0.05, 0) is 43.3 Å². The standard InChI is InChI=1S/C13H20N2OS/c1-13(16)4-5-14-8-12(13)15-6-2-11-10(9-15)3-7-17-11/h3,7,12,14,16H,2,4-6,8-9H2,1H3. The van der Waals surface area contributed by atoms with E-state index in [1.807, 2.05) is 18.3 Å². The Labute approximate surface area is 106 Å². The van der Waals surface area contributed by atoms with Crippen LogP contribution in [0, 0.1) is 0 Å². The van der Waals surface area contributed by atoms with Crippen molar-refractivity contribution in [3.05, 3.63) is 21.9 Å². The van der Waals surface area contributed by atoms with Crippen LogP contribution in [0.4, 0.5) is 0 Å². The fourth-order valence-corrected chi connectivity index (χ4v) is 3.92. The number of hydrogen-bond donors (Lipinski definition) is 2. The van der Waals surface area contributed by atoms with Crippen molar-refractivity contribution >= 4 is 11.3 Å². The summed E-state index contributed by atoms with van der Waals surface area (Å²) >= 11 is 1.87. The minimum absolute atomic E-state index is 0.254. The van der Waals surface area contributed by atoms with E-state index >= 15 is 0 Å². The first-order chi connectivity index (χ1) is 8.17. The van der Waals surface area contributed by atoms with E-state index in [-0.39, 0.29) is 6.04 Å². The molecule has 17 heavy (non-hydrogen) atoms. The molecule has 2 atom stereocenters. The largest absolute Gasteiger partial charge is 0.388 e. The molecule has 1 fully saturated rings. The van der Waals surface area contributed by atoms with Crippen molar-refractivity contribution in [3.63, 3.8) is 0 Å². The van der Waals surface area contributed by atoms with Crippen molar-refractivity contribution in [1.82, 2.24) is 10.2 Å². The van der Waals surface area contributed by atoms with Crippen LogP contribution >= 0.6 is 11.3 Å². The highest BCUT2D eigenvalue weighted by atomic mass is 32.1. The van der Waals surface area contributed by atoms with Gasteiger partial charge in [0.25, 0.3) is 0 Å². The Bertz CT molecular complexity index is 402. The van der Waals surface area contributed by atoms with Gasteiger partial charge in [0, 0.05) is 24.5 Å². The molecule has 3 nitrogen and oxygen atoms in total. The smallest absolute Gasteiger partial charge is 0.0798 e. The number of rotatable bonds is 1.